The van der Waals surface area contributed by atoms with Crippen LogP contribution in [0.4, 0.5) is 0 Å². The predicted molar refractivity (Wildman–Crippen MR) is 85.5 cm³/mol. The first-order chi connectivity index (χ1) is 10.4. The molecular weight excluding hydrogens is 349 g/mol. The average molecular weight is 366 g/mol. The van der Waals surface area contributed by atoms with Gasteiger partial charge in [0.05, 0.1) is 10.0 Å². The summed E-state index contributed by atoms with van der Waals surface area (Å²) in [6, 6.07) is 4.57. The Morgan fingerprint density at radius 1 is 1.14 bits per heavy atom. The van der Waals surface area contributed by atoms with E-state index in [1.165, 1.54) is 16.4 Å². The van der Waals surface area contributed by atoms with Crippen LogP contribution in [0.2, 0.25) is 10.0 Å². The number of hydrogen-bond acceptors (Lipinski definition) is 4. The topological polar surface area (TPSA) is 83.7 Å². The monoisotopic (exact) mass is 365 g/mol. The number of hydrogen-bond donors (Lipinski definition) is 1. The van der Waals surface area contributed by atoms with Crippen LogP contribution < -0.4 is 5.73 Å². The minimum Gasteiger partial charge on any atom is -0.340 e. The summed E-state index contributed by atoms with van der Waals surface area (Å²) < 4.78 is 26.6. The third-order valence-electron chi connectivity index (χ3n) is 3.47. The lowest BCUT2D eigenvalue weighted by Crippen LogP contribution is -2.50. The lowest BCUT2D eigenvalue weighted by atomic mass is 10.3. The summed E-state index contributed by atoms with van der Waals surface area (Å²) >= 11 is 12.0. The summed E-state index contributed by atoms with van der Waals surface area (Å²) in [6.45, 7) is 1.37. The third kappa shape index (κ3) is 3.55. The number of carbonyl (C=O) groups is 1. The van der Waals surface area contributed by atoms with Crippen LogP contribution in [0.1, 0.15) is 6.42 Å². The fourth-order valence-electron chi connectivity index (χ4n) is 2.32. The molecule has 0 radical (unpaired) electrons. The predicted octanol–water partition coefficient (Wildman–Crippen LogP) is 1.18. The van der Waals surface area contributed by atoms with Gasteiger partial charge in [-0.05, 0) is 12.1 Å². The van der Waals surface area contributed by atoms with Gasteiger partial charge in [-0.1, -0.05) is 29.3 Å². The van der Waals surface area contributed by atoms with Crippen molar-refractivity contribution >= 4 is 39.1 Å². The molecule has 1 heterocycles. The molecule has 1 aliphatic rings. The van der Waals surface area contributed by atoms with E-state index in [-0.39, 0.29) is 46.9 Å². The second-order valence-corrected chi connectivity index (χ2v) is 7.56. The molecule has 0 unspecified atom stereocenters. The van der Waals surface area contributed by atoms with E-state index in [1.807, 2.05) is 0 Å². The average Bonchev–Trinajstić information content (AvgIpc) is 2.47. The molecule has 2 N–H and O–H groups in total. The van der Waals surface area contributed by atoms with E-state index in [9.17, 15) is 13.2 Å². The quantitative estimate of drug-likeness (QED) is 0.867. The van der Waals surface area contributed by atoms with Crippen LogP contribution in [0.25, 0.3) is 0 Å². The second kappa shape index (κ2) is 7.14. The molecule has 2 rings (SSSR count). The van der Waals surface area contributed by atoms with Crippen LogP contribution in [0.15, 0.2) is 23.1 Å². The fraction of sp³-hybridized carbons (Fsp3) is 0.462. The van der Waals surface area contributed by atoms with E-state index >= 15 is 0 Å². The molecule has 1 aromatic rings. The molecule has 0 spiro atoms. The highest BCUT2D eigenvalue weighted by Crippen LogP contribution is 2.31. The number of rotatable bonds is 4. The van der Waals surface area contributed by atoms with Crippen molar-refractivity contribution in [2.75, 3.05) is 32.7 Å². The van der Waals surface area contributed by atoms with Crippen molar-refractivity contribution < 1.29 is 13.2 Å². The Balaban J connectivity index is 2.15. The van der Waals surface area contributed by atoms with Gasteiger partial charge >= 0.3 is 0 Å². The molecule has 0 atom stereocenters. The van der Waals surface area contributed by atoms with Crippen molar-refractivity contribution in [1.29, 1.82) is 0 Å². The molecule has 1 saturated heterocycles. The molecule has 22 heavy (non-hydrogen) atoms. The smallest absolute Gasteiger partial charge is 0.246 e. The van der Waals surface area contributed by atoms with Gasteiger partial charge in [0.1, 0.15) is 4.90 Å². The van der Waals surface area contributed by atoms with Gasteiger partial charge in [-0.3, -0.25) is 4.79 Å². The van der Waals surface area contributed by atoms with Gasteiger partial charge in [0.25, 0.3) is 0 Å². The van der Waals surface area contributed by atoms with Crippen LogP contribution in [0.5, 0.6) is 0 Å². The van der Waals surface area contributed by atoms with Gasteiger partial charge in [0, 0.05) is 39.1 Å². The molecule has 1 amide bonds. The van der Waals surface area contributed by atoms with Gasteiger partial charge in [0.2, 0.25) is 15.9 Å². The highest BCUT2D eigenvalue weighted by molar-refractivity contribution is 7.89. The maximum Gasteiger partial charge on any atom is 0.246 e. The van der Waals surface area contributed by atoms with Gasteiger partial charge in [-0.25, -0.2) is 8.42 Å². The van der Waals surface area contributed by atoms with Crippen molar-refractivity contribution in [2.45, 2.75) is 11.3 Å². The van der Waals surface area contributed by atoms with Crippen LogP contribution in [-0.2, 0) is 14.8 Å². The number of nitrogens with zero attached hydrogens (tertiary/aromatic N) is 2. The number of amides is 1. The first kappa shape index (κ1) is 17.5. The summed E-state index contributed by atoms with van der Waals surface area (Å²) in [7, 11) is -3.78. The highest BCUT2D eigenvalue weighted by atomic mass is 35.5. The normalized spacial score (nSPS) is 16.8. The van der Waals surface area contributed by atoms with E-state index in [2.05, 4.69) is 0 Å². The lowest BCUT2D eigenvalue weighted by molar-refractivity contribution is -0.132. The zero-order valence-electron chi connectivity index (χ0n) is 11.8. The Morgan fingerprint density at radius 3 is 2.18 bits per heavy atom. The first-order valence-corrected chi connectivity index (χ1v) is 8.99. The van der Waals surface area contributed by atoms with Crippen molar-refractivity contribution in [3.63, 3.8) is 0 Å². The number of sulfonamides is 1. The Labute approximate surface area is 139 Å². The highest BCUT2D eigenvalue weighted by Gasteiger charge is 2.32. The zero-order chi connectivity index (χ0) is 16.3. The van der Waals surface area contributed by atoms with Gasteiger partial charge in [-0.2, -0.15) is 4.31 Å². The Morgan fingerprint density at radius 2 is 1.68 bits per heavy atom. The Hall–Kier alpha value is -0.860. The summed E-state index contributed by atoms with van der Waals surface area (Å²) in [5.74, 6) is -0.0599. The standard InChI is InChI=1S/C13H17Cl2N3O3S/c14-10-2-1-3-11(15)13(10)22(20,21)18-8-6-17(7-9-18)12(19)4-5-16/h1-3H,4-9,16H2. The van der Waals surface area contributed by atoms with Crippen molar-refractivity contribution in [3.05, 3.63) is 28.2 Å². The van der Waals surface area contributed by atoms with E-state index in [1.54, 1.807) is 11.0 Å². The molecule has 0 aromatic heterocycles. The molecule has 6 nitrogen and oxygen atoms in total. The maximum atomic E-state index is 12.7. The van der Waals surface area contributed by atoms with E-state index in [0.29, 0.717) is 13.1 Å². The molecule has 9 heteroatoms. The molecule has 1 aromatic carbocycles. The first-order valence-electron chi connectivity index (χ1n) is 6.80. The van der Waals surface area contributed by atoms with E-state index in [4.69, 9.17) is 28.9 Å². The Bertz CT molecular complexity index is 638. The van der Waals surface area contributed by atoms with Crippen LogP contribution >= 0.6 is 23.2 Å². The largest absolute Gasteiger partial charge is 0.340 e. The second-order valence-electron chi connectivity index (χ2n) is 4.87. The minimum atomic E-state index is -3.78. The van der Waals surface area contributed by atoms with Gasteiger partial charge in [0.15, 0.2) is 0 Å². The SMILES string of the molecule is NCCC(=O)N1CCN(S(=O)(=O)c2c(Cl)cccc2Cl)CC1. The molecule has 1 fully saturated rings. The number of benzene rings is 1. The maximum absolute atomic E-state index is 12.7. The number of carbonyl (C=O) groups excluding carboxylic acids is 1. The third-order valence-corrected chi connectivity index (χ3v) is 6.32. The Kier molecular flexibility index (Phi) is 5.68. The summed E-state index contributed by atoms with van der Waals surface area (Å²) in [5.41, 5.74) is 5.36. The number of piperazine rings is 1. The molecular formula is C13H17Cl2N3O3S. The van der Waals surface area contributed by atoms with Crippen LogP contribution in [-0.4, -0.2) is 56.3 Å². The van der Waals surface area contributed by atoms with E-state index < -0.39 is 10.0 Å². The van der Waals surface area contributed by atoms with Crippen LogP contribution in [0.3, 0.4) is 0 Å². The number of nitrogens with two attached hydrogens (primary N) is 1. The molecule has 122 valence electrons. The summed E-state index contributed by atoms with van der Waals surface area (Å²) in [5, 5.41) is 0.184. The zero-order valence-corrected chi connectivity index (χ0v) is 14.2. The summed E-state index contributed by atoms with van der Waals surface area (Å²) in [6.07, 6.45) is 0.267. The van der Waals surface area contributed by atoms with Crippen LogP contribution in [0, 0.1) is 0 Å². The molecule has 0 bridgehead atoms. The van der Waals surface area contributed by atoms with Crippen molar-refractivity contribution in [2.24, 2.45) is 5.73 Å². The fourth-order valence-corrected chi connectivity index (χ4v) is 4.83. The summed E-state index contributed by atoms with van der Waals surface area (Å²) in [4.78, 5) is 13.3. The molecule has 0 saturated carbocycles. The van der Waals surface area contributed by atoms with Gasteiger partial charge in [-0.15, -0.1) is 0 Å². The minimum absolute atomic E-state index is 0.0599. The number of halogens is 2. The van der Waals surface area contributed by atoms with Crippen molar-refractivity contribution in [1.82, 2.24) is 9.21 Å². The van der Waals surface area contributed by atoms with E-state index in [0.717, 1.165) is 0 Å². The molecule has 0 aliphatic carbocycles. The lowest BCUT2D eigenvalue weighted by Gasteiger charge is -2.34. The molecule has 1 aliphatic heterocycles. The van der Waals surface area contributed by atoms with Crippen molar-refractivity contribution in [3.8, 4) is 0 Å². The van der Waals surface area contributed by atoms with Gasteiger partial charge < -0.3 is 10.6 Å².